The lowest BCUT2D eigenvalue weighted by molar-refractivity contribution is 0.473. The molecule has 102 valence electrons. The molecule has 3 aromatic rings. The Bertz CT molecular complexity index is 711. The van der Waals surface area contributed by atoms with Crippen molar-refractivity contribution in [3.63, 3.8) is 0 Å². The Hall–Kier alpha value is -1.98. The highest BCUT2D eigenvalue weighted by Crippen LogP contribution is 2.27. The first-order valence-corrected chi connectivity index (χ1v) is 7.36. The van der Waals surface area contributed by atoms with E-state index in [2.05, 4.69) is 34.6 Å². The number of ether oxygens (including phenoxy) is 1. The summed E-state index contributed by atoms with van der Waals surface area (Å²) in [6.45, 7) is 3.71. The standard InChI is InChI=1S/C15H15N3OS/c1-2-16-10-14-17-18-15(20-14)19-13-8-7-11-5-3-4-6-12(11)9-13/h3-9,16H,2,10H2,1H3. The quantitative estimate of drug-likeness (QED) is 0.778. The van der Waals surface area contributed by atoms with E-state index in [0.29, 0.717) is 5.19 Å². The molecule has 0 aliphatic heterocycles. The van der Waals surface area contributed by atoms with Crippen LogP contribution in [0.15, 0.2) is 42.5 Å². The predicted octanol–water partition coefficient (Wildman–Crippen LogP) is 3.59. The first-order valence-electron chi connectivity index (χ1n) is 6.55. The summed E-state index contributed by atoms with van der Waals surface area (Å²) < 4.78 is 5.76. The molecule has 0 aliphatic carbocycles. The second-order valence-electron chi connectivity index (χ2n) is 4.35. The zero-order valence-electron chi connectivity index (χ0n) is 11.2. The minimum absolute atomic E-state index is 0.577. The first-order chi connectivity index (χ1) is 9.85. The fourth-order valence-corrected chi connectivity index (χ4v) is 2.59. The van der Waals surface area contributed by atoms with Gasteiger partial charge in [0.2, 0.25) is 0 Å². The topological polar surface area (TPSA) is 47.0 Å². The van der Waals surface area contributed by atoms with E-state index in [9.17, 15) is 0 Å². The maximum absolute atomic E-state index is 5.76. The molecule has 0 saturated carbocycles. The maximum Gasteiger partial charge on any atom is 0.299 e. The lowest BCUT2D eigenvalue weighted by Gasteiger charge is -2.02. The number of fused-ring (bicyclic) bond motifs is 1. The van der Waals surface area contributed by atoms with Gasteiger partial charge in [0, 0.05) is 6.54 Å². The zero-order valence-corrected chi connectivity index (χ0v) is 12.0. The SMILES string of the molecule is CCNCc1nnc(Oc2ccc3ccccc3c2)s1. The molecule has 1 aromatic heterocycles. The van der Waals surface area contributed by atoms with Crippen molar-refractivity contribution in [3.8, 4) is 10.9 Å². The summed E-state index contributed by atoms with van der Waals surface area (Å²) in [6.07, 6.45) is 0. The van der Waals surface area contributed by atoms with E-state index < -0.39 is 0 Å². The monoisotopic (exact) mass is 285 g/mol. The van der Waals surface area contributed by atoms with Crippen LogP contribution in [0.5, 0.6) is 10.9 Å². The first kappa shape index (κ1) is 13.0. The molecule has 0 radical (unpaired) electrons. The zero-order chi connectivity index (χ0) is 13.8. The second kappa shape index (κ2) is 5.98. The van der Waals surface area contributed by atoms with Gasteiger partial charge >= 0.3 is 0 Å². The predicted molar refractivity (Wildman–Crippen MR) is 81.3 cm³/mol. The van der Waals surface area contributed by atoms with Crippen LogP contribution in [0.25, 0.3) is 10.8 Å². The van der Waals surface area contributed by atoms with Gasteiger partial charge in [-0.3, -0.25) is 0 Å². The molecule has 1 N–H and O–H groups in total. The Morgan fingerprint density at radius 1 is 1.10 bits per heavy atom. The number of rotatable bonds is 5. The van der Waals surface area contributed by atoms with Crippen LogP contribution in [-0.2, 0) is 6.54 Å². The van der Waals surface area contributed by atoms with Crippen LogP contribution in [0.2, 0.25) is 0 Å². The highest BCUT2D eigenvalue weighted by molar-refractivity contribution is 7.13. The molecule has 4 nitrogen and oxygen atoms in total. The van der Waals surface area contributed by atoms with Gasteiger partial charge in [0.25, 0.3) is 5.19 Å². The van der Waals surface area contributed by atoms with E-state index in [1.54, 1.807) is 0 Å². The molecule has 2 aromatic carbocycles. The van der Waals surface area contributed by atoms with Gasteiger partial charge in [0.1, 0.15) is 10.8 Å². The average molecular weight is 285 g/mol. The molecule has 0 unspecified atom stereocenters. The third-order valence-electron chi connectivity index (χ3n) is 2.90. The van der Waals surface area contributed by atoms with Crippen LogP contribution in [0.3, 0.4) is 0 Å². The minimum Gasteiger partial charge on any atom is -0.430 e. The number of hydrogen-bond acceptors (Lipinski definition) is 5. The Morgan fingerprint density at radius 2 is 1.95 bits per heavy atom. The van der Waals surface area contributed by atoms with Crippen LogP contribution in [0, 0.1) is 0 Å². The normalized spacial score (nSPS) is 10.8. The molecule has 3 rings (SSSR count). The van der Waals surface area contributed by atoms with Crippen LogP contribution in [0.1, 0.15) is 11.9 Å². The van der Waals surface area contributed by atoms with E-state index in [-0.39, 0.29) is 0 Å². The van der Waals surface area contributed by atoms with Gasteiger partial charge in [-0.25, -0.2) is 0 Å². The molecule has 1 heterocycles. The molecule has 5 heteroatoms. The van der Waals surface area contributed by atoms with Gasteiger partial charge in [0.05, 0.1) is 0 Å². The van der Waals surface area contributed by atoms with Gasteiger partial charge in [0.15, 0.2) is 0 Å². The van der Waals surface area contributed by atoms with E-state index in [4.69, 9.17) is 4.74 Å². The van der Waals surface area contributed by atoms with Crippen molar-refractivity contribution in [3.05, 3.63) is 47.5 Å². The second-order valence-corrected chi connectivity index (χ2v) is 5.38. The summed E-state index contributed by atoms with van der Waals surface area (Å²) in [7, 11) is 0. The molecule has 0 aliphatic rings. The lowest BCUT2D eigenvalue weighted by atomic mass is 10.1. The van der Waals surface area contributed by atoms with Crippen molar-refractivity contribution >= 4 is 22.1 Å². The Labute approximate surface area is 121 Å². The van der Waals surface area contributed by atoms with Crippen molar-refractivity contribution in [2.24, 2.45) is 0 Å². The van der Waals surface area contributed by atoms with E-state index in [0.717, 1.165) is 29.2 Å². The van der Waals surface area contributed by atoms with Gasteiger partial charge < -0.3 is 10.1 Å². The summed E-state index contributed by atoms with van der Waals surface area (Å²) in [5, 5.41) is 15.2. The average Bonchev–Trinajstić information content (AvgIpc) is 2.92. The molecule has 20 heavy (non-hydrogen) atoms. The molecular weight excluding hydrogens is 270 g/mol. The van der Waals surface area contributed by atoms with Crippen molar-refractivity contribution in [1.82, 2.24) is 15.5 Å². The molecule has 0 spiro atoms. The van der Waals surface area contributed by atoms with Crippen LogP contribution in [-0.4, -0.2) is 16.7 Å². The lowest BCUT2D eigenvalue weighted by Crippen LogP contribution is -2.11. The molecular formula is C15H15N3OS. The maximum atomic E-state index is 5.76. The van der Waals surface area contributed by atoms with Crippen LogP contribution < -0.4 is 10.1 Å². The smallest absolute Gasteiger partial charge is 0.299 e. The number of benzene rings is 2. The van der Waals surface area contributed by atoms with Gasteiger partial charge in [-0.15, -0.1) is 5.10 Å². The number of nitrogens with zero attached hydrogens (tertiary/aromatic N) is 2. The summed E-state index contributed by atoms with van der Waals surface area (Å²) in [5.41, 5.74) is 0. The van der Waals surface area contributed by atoms with Crippen molar-refractivity contribution in [2.75, 3.05) is 6.54 Å². The number of nitrogens with one attached hydrogen (secondary N) is 1. The summed E-state index contributed by atoms with van der Waals surface area (Å²) in [4.78, 5) is 0. The highest BCUT2D eigenvalue weighted by atomic mass is 32.1. The summed E-state index contributed by atoms with van der Waals surface area (Å²) >= 11 is 1.47. The largest absolute Gasteiger partial charge is 0.430 e. The Kier molecular flexibility index (Phi) is 3.90. The van der Waals surface area contributed by atoms with E-state index in [1.165, 1.54) is 16.7 Å². The number of aromatic nitrogens is 2. The van der Waals surface area contributed by atoms with Crippen LogP contribution in [0.4, 0.5) is 0 Å². The Morgan fingerprint density at radius 3 is 2.80 bits per heavy atom. The van der Waals surface area contributed by atoms with Crippen LogP contribution >= 0.6 is 11.3 Å². The Balaban J connectivity index is 1.76. The van der Waals surface area contributed by atoms with E-state index in [1.807, 2.05) is 30.3 Å². The minimum atomic E-state index is 0.577. The molecule has 0 amide bonds. The number of hydrogen-bond donors (Lipinski definition) is 1. The third kappa shape index (κ3) is 2.95. The fraction of sp³-hybridized carbons (Fsp3) is 0.200. The van der Waals surface area contributed by atoms with Crippen molar-refractivity contribution < 1.29 is 4.74 Å². The highest BCUT2D eigenvalue weighted by Gasteiger charge is 2.06. The fourth-order valence-electron chi connectivity index (χ4n) is 1.91. The van der Waals surface area contributed by atoms with Gasteiger partial charge in [-0.05, 0) is 29.4 Å². The van der Waals surface area contributed by atoms with E-state index >= 15 is 0 Å². The van der Waals surface area contributed by atoms with Gasteiger partial charge in [-0.2, -0.15) is 0 Å². The molecule has 0 fully saturated rings. The van der Waals surface area contributed by atoms with Gasteiger partial charge in [-0.1, -0.05) is 53.7 Å². The summed E-state index contributed by atoms with van der Waals surface area (Å²) in [5.74, 6) is 0.787. The molecule has 0 atom stereocenters. The third-order valence-corrected chi connectivity index (χ3v) is 3.70. The molecule has 0 saturated heterocycles. The molecule has 0 bridgehead atoms. The van der Waals surface area contributed by atoms with Crippen molar-refractivity contribution in [1.29, 1.82) is 0 Å². The van der Waals surface area contributed by atoms with Crippen molar-refractivity contribution in [2.45, 2.75) is 13.5 Å². The summed E-state index contributed by atoms with van der Waals surface area (Å²) in [6, 6.07) is 14.2.